The molecule has 1 aliphatic heterocycles. The van der Waals surface area contributed by atoms with Crippen molar-refractivity contribution in [1.29, 1.82) is 0 Å². The van der Waals surface area contributed by atoms with Crippen LogP contribution in [0.25, 0.3) is 0 Å². The highest BCUT2D eigenvalue weighted by Crippen LogP contribution is 2.22. The number of amides is 1. The number of pyridine rings is 1. The Balaban J connectivity index is 1.81. The minimum absolute atomic E-state index is 0.0109. The van der Waals surface area contributed by atoms with Gasteiger partial charge in [-0.2, -0.15) is 0 Å². The van der Waals surface area contributed by atoms with Gasteiger partial charge in [-0.3, -0.25) is 4.79 Å². The van der Waals surface area contributed by atoms with E-state index in [1.54, 1.807) is 6.20 Å². The summed E-state index contributed by atoms with van der Waals surface area (Å²) in [6.07, 6.45) is 3.97. The molecule has 3 rings (SSSR count). The zero-order valence-electron chi connectivity index (χ0n) is 11.2. The first-order chi connectivity index (χ1) is 9.24. The Morgan fingerprint density at radius 1 is 1.53 bits per heavy atom. The monoisotopic (exact) mass is 260 g/mol. The van der Waals surface area contributed by atoms with E-state index in [2.05, 4.69) is 27.4 Å². The average Bonchev–Trinajstić information content (AvgIpc) is 3.23. The molecule has 102 valence electrons. The molecule has 1 atom stereocenters. The summed E-state index contributed by atoms with van der Waals surface area (Å²) in [5, 5.41) is 6.44. The van der Waals surface area contributed by atoms with Crippen LogP contribution < -0.4 is 15.5 Å². The molecule has 2 fully saturated rings. The van der Waals surface area contributed by atoms with Crippen LogP contribution in [0.3, 0.4) is 0 Å². The van der Waals surface area contributed by atoms with Crippen LogP contribution in [0.1, 0.15) is 30.1 Å². The van der Waals surface area contributed by atoms with Crippen molar-refractivity contribution in [3.8, 4) is 0 Å². The van der Waals surface area contributed by atoms with E-state index in [-0.39, 0.29) is 5.91 Å². The number of carbonyl (C=O) groups is 1. The van der Waals surface area contributed by atoms with Gasteiger partial charge in [0.25, 0.3) is 5.91 Å². The molecule has 0 aromatic carbocycles. The van der Waals surface area contributed by atoms with Crippen molar-refractivity contribution in [2.45, 2.75) is 31.8 Å². The van der Waals surface area contributed by atoms with Crippen molar-refractivity contribution in [3.05, 3.63) is 23.9 Å². The maximum Gasteiger partial charge on any atom is 0.255 e. The second-order valence-electron chi connectivity index (χ2n) is 5.42. The summed E-state index contributed by atoms with van der Waals surface area (Å²) in [6.45, 7) is 4.87. The quantitative estimate of drug-likeness (QED) is 0.843. The summed E-state index contributed by atoms with van der Waals surface area (Å²) in [7, 11) is 0. The molecule has 0 spiro atoms. The summed E-state index contributed by atoms with van der Waals surface area (Å²) < 4.78 is 0. The summed E-state index contributed by atoms with van der Waals surface area (Å²) in [5.74, 6) is 0.825. The molecule has 1 aromatic rings. The second-order valence-corrected chi connectivity index (χ2v) is 5.42. The predicted molar refractivity (Wildman–Crippen MR) is 74.4 cm³/mol. The van der Waals surface area contributed by atoms with Crippen molar-refractivity contribution in [3.63, 3.8) is 0 Å². The number of hydrogen-bond acceptors (Lipinski definition) is 4. The Morgan fingerprint density at radius 2 is 2.37 bits per heavy atom. The number of piperazine rings is 1. The van der Waals surface area contributed by atoms with Crippen LogP contribution in [0.4, 0.5) is 5.82 Å². The number of aromatic nitrogens is 1. The largest absolute Gasteiger partial charge is 0.353 e. The molecule has 0 bridgehead atoms. The van der Waals surface area contributed by atoms with E-state index in [0.29, 0.717) is 17.6 Å². The average molecular weight is 260 g/mol. The van der Waals surface area contributed by atoms with Gasteiger partial charge in [0.15, 0.2) is 0 Å². The summed E-state index contributed by atoms with van der Waals surface area (Å²) in [5.41, 5.74) is 0.698. The zero-order chi connectivity index (χ0) is 13.2. The molecule has 2 aliphatic rings. The molecule has 0 radical (unpaired) electrons. The van der Waals surface area contributed by atoms with E-state index in [9.17, 15) is 4.79 Å². The predicted octanol–water partition coefficient (Wildman–Crippen LogP) is 0.772. The van der Waals surface area contributed by atoms with Crippen LogP contribution in [-0.2, 0) is 0 Å². The van der Waals surface area contributed by atoms with E-state index in [1.165, 1.54) is 0 Å². The molecule has 5 heteroatoms. The fraction of sp³-hybridized carbons (Fsp3) is 0.571. The van der Waals surface area contributed by atoms with Gasteiger partial charge in [-0.25, -0.2) is 4.98 Å². The Labute approximate surface area is 113 Å². The highest BCUT2D eigenvalue weighted by Gasteiger charge is 2.27. The number of nitrogens with zero attached hydrogens (tertiary/aromatic N) is 2. The van der Waals surface area contributed by atoms with Gasteiger partial charge in [-0.05, 0) is 31.9 Å². The van der Waals surface area contributed by atoms with Gasteiger partial charge in [0, 0.05) is 37.9 Å². The van der Waals surface area contributed by atoms with E-state index in [1.807, 2.05) is 12.1 Å². The lowest BCUT2D eigenvalue weighted by Crippen LogP contribution is -2.50. The second kappa shape index (κ2) is 5.17. The molecule has 1 aromatic heterocycles. The van der Waals surface area contributed by atoms with Crippen molar-refractivity contribution in [2.24, 2.45) is 0 Å². The first-order valence-corrected chi connectivity index (χ1v) is 6.98. The highest BCUT2D eigenvalue weighted by atomic mass is 16.1. The molecule has 1 saturated carbocycles. The van der Waals surface area contributed by atoms with Crippen molar-refractivity contribution < 1.29 is 4.79 Å². The molecule has 2 heterocycles. The third-order valence-corrected chi connectivity index (χ3v) is 3.61. The van der Waals surface area contributed by atoms with Gasteiger partial charge in [0.1, 0.15) is 5.82 Å². The van der Waals surface area contributed by atoms with Gasteiger partial charge in [0.2, 0.25) is 0 Å². The molecule has 1 saturated heterocycles. The van der Waals surface area contributed by atoms with Crippen LogP contribution >= 0.6 is 0 Å². The lowest BCUT2D eigenvalue weighted by Gasteiger charge is -2.33. The molecule has 19 heavy (non-hydrogen) atoms. The SMILES string of the molecule is CC1CN(c2ncccc2C(=O)NC2CC2)CCN1. The highest BCUT2D eigenvalue weighted by molar-refractivity contribution is 5.99. The number of nitrogens with one attached hydrogen (secondary N) is 2. The molecular weight excluding hydrogens is 240 g/mol. The number of anilines is 1. The summed E-state index contributed by atoms with van der Waals surface area (Å²) >= 11 is 0. The van der Waals surface area contributed by atoms with Crippen molar-refractivity contribution in [2.75, 3.05) is 24.5 Å². The van der Waals surface area contributed by atoms with Gasteiger partial charge >= 0.3 is 0 Å². The van der Waals surface area contributed by atoms with E-state index >= 15 is 0 Å². The van der Waals surface area contributed by atoms with E-state index in [4.69, 9.17) is 0 Å². The maximum absolute atomic E-state index is 12.2. The smallest absolute Gasteiger partial charge is 0.255 e. The van der Waals surface area contributed by atoms with Crippen LogP contribution in [0.2, 0.25) is 0 Å². The van der Waals surface area contributed by atoms with Crippen LogP contribution in [0, 0.1) is 0 Å². The zero-order valence-corrected chi connectivity index (χ0v) is 11.2. The van der Waals surface area contributed by atoms with Gasteiger partial charge < -0.3 is 15.5 Å². The molecule has 5 nitrogen and oxygen atoms in total. The third kappa shape index (κ3) is 2.87. The minimum atomic E-state index is 0.0109. The minimum Gasteiger partial charge on any atom is -0.353 e. The fourth-order valence-corrected chi connectivity index (χ4v) is 2.44. The van der Waals surface area contributed by atoms with E-state index in [0.717, 1.165) is 38.3 Å². The molecule has 1 unspecified atom stereocenters. The van der Waals surface area contributed by atoms with E-state index < -0.39 is 0 Å². The maximum atomic E-state index is 12.2. The third-order valence-electron chi connectivity index (χ3n) is 3.61. The van der Waals surface area contributed by atoms with Crippen LogP contribution in [0.15, 0.2) is 18.3 Å². The Bertz CT molecular complexity index is 472. The summed E-state index contributed by atoms with van der Waals surface area (Å²) in [4.78, 5) is 18.9. The number of rotatable bonds is 3. The Morgan fingerprint density at radius 3 is 3.11 bits per heavy atom. The topological polar surface area (TPSA) is 57.3 Å². The molecular formula is C14H20N4O. The van der Waals surface area contributed by atoms with Crippen molar-refractivity contribution in [1.82, 2.24) is 15.6 Å². The fourth-order valence-electron chi connectivity index (χ4n) is 2.44. The first kappa shape index (κ1) is 12.4. The van der Waals surface area contributed by atoms with Crippen molar-refractivity contribution >= 4 is 11.7 Å². The Kier molecular flexibility index (Phi) is 3.38. The molecule has 1 amide bonds. The van der Waals surface area contributed by atoms with Gasteiger partial charge in [-0.1, -0.05) is 0 Å². The van der Waals surface area contributed by atoms with Crippen LogP contribution in [-0.4, -0.2) is 42.6 Å². The standard InChI is InChI=1S/C14H20N4O/c1-10-9-18(8-7-15-10)13-12(3-2-6-16-13)14(19)17-11-4-5-11/h2-3,6,10-11,15H,4-5,7-9H2,1H3,(H,17,19). The van der Waals surface area contributed by atoms with Gasteiger partial charge in [-0.15, -0.1) is 0 Å². The lowest BCUT2D eigenvalue weighted by atomic mass is 10.2. The first-order valence-electron chi connectivity index (χ1n) is 6.98. The van der Waals surface area contributed by atoms with Gasteiger partial charge in [0.05, 0.1) is 5.56 Å². The molecule has 2 N–H and O–H groups in total. The summed E-state index contributed by atoms with van der Waals surface area (Å²) in [6, 6.07) is 4.50. The Hall–Kier alpha value is -1.62. The number of carbonyl (C=O) groups excluding carboxylic acids is 1. The normalized spacial score (nSPS) is 23.2. The molecule has 1 aliphatic carbocycles. The number of hydrogen-bond donors (Lipinski definition) is 2. The van der Waals surface area contributed by atoms with Crippen LogP contribution in [0.5, 0.6) is 0 Å². The lowest BCUT2D eigenvalue weighted by molar-refractivity contribution is 0.0951.